The third-order valence-corrected chi connectivity index (χ3v) is 3.92. The molecule has 0 amide bonds. The van der Waals surface area contributed by atoms with Crippen LogP contribution >= 0.6 is 0 Å². The van der Waals surface area contributed by atoms with E-state index in [0.29, 0.717) is 5.69 Å². The highest BCUT2D eigenvalue weighted by molar-refractivity contribution is 5.88. The molecule has 0 aromatic carbocycles. The van der Waals surface area contributed by atoms with Gasteiger partial charge in [-0.25, -0.2) is 9.48 Å². The molecule has 0 aliphatic heterocycles. The lowest BCUT2D eigenvalue weighted by Crippen LogP contribution is -2.12. The predicted molar refractivity (Wildman–Crippen MR) is 72.0 cm³/mol. The molecule has 1 aromatic heterocycles. The zero-order chi connectivity index (χ0) is 13.8. The van der Waals surface area contributed by atoms with Gasteiger partial charge in [0, 0.05) is 6.54 Å². The molecule has 1 aliphatic rings. The lowest BCUT2D eigenvalue weighted by atomic mass is 10.0. The van der Waals surface area contributed by atoms with Crippen LogP contribution in [0.1, 0.15) is 68.1 Å². The van der Waals surface area contributed by atoms with Gasteiger partial charge in [0.05, 0.1) is 12.8 Å². The molecule has 0 bridgehead atoms. The average molecular weight is 265 g/mol. The molecule has 0 unspecified atom stereocenters. The van der Waals surface area contributed by atoms with Crippen LogP contribution in [0, 0.1) is 5.92 Å². The van der Waals surface area contributed by atoms with E-state index >= 15 is 0 Å². The molecule has 0 atom stereocenters. The van der Waals surface area contributed by atoms with Gasteiger partial charge in [-0.2, -0.15) is 0 Å². The van der Waals surface area contributed by atoms with E-state index < -0.39 is 5.97 Å². The van der Waals surface area contributed by atoms with Gasteiger partial charge in [-0.1, -0.05) is 44.7 Å². The van der Waals surface area contributed by atoms with Crippen LogP contribution in [-0.4, -0.2) is 28.1 Å². The summed E-state index contributed by atoms with van der Waals surface area (Å²) in [6, 6.07) is 0. The SMILES string of the molecule is COC(=O)c1nnn(CCC2CCCC2)c1C(C)C. The molecule has 0 spiro atoms. The zero-order valence-electron chi connectivity index (χ0n) is 12.1. The second kappa shape index (κ2) is 6.17. The number of aryl methyl sites for hydroxylation is 1. The van der Waals surface area contributed by atoms with Crippen LogP contribution in [0.4, 0.5) is 0 Å². The largest absolute Gasteiger partial charge is 0.464 e. The van der Waals surface area contributed by atoms with E-state index in [9.17, 15) is 4.79 Å². The van der Waals surface area contributed by atoms with E-state index in [4.69, 9.17) is 4.74 Å². The van der Waals surface area contributed by atoms with Crippen LogP contribution in [0.2, 0.25) is 0 Å². The summed E-state index contributed by atoms with van der Waals surface area (Å²) in [4.78, 5) is 11.7. The maximum Gasteiger partial charge on any atom is 0.360 e. The highest BCUT2D eigenvalue weighted by Crippen LogP contribution is 2.28. The Morgan fingerprint density at radius 1 is 1.42 bits per heavy atom. The second-order valence-corrected chi connectivity index (χ2v) is 5.63. The van der Waals surface area contributed by atoms with Gasteiger partial charge in [-0.15, -0.1) is 5.10 Å². The van der Waals surface area contributed by atoms with Crippen LogP contribution in [0.15, 0.2) is 0 Å². The number of rotatable bonds is 5. The number of aromatic nitrogens is 3. The number of methoxy groups -OCH3 is 1. The van der Waals surface area contributed by atoms with Crippen molar-refractivity contribution in [3.63, 3.8) is 0 Å². The summed E-state index contributed by atoms with van der Waals surface area (Å²) >= 11 is 0. The number of carbonyl (C=O) groups is 1. The van der Waals surface area contributed by atoms with Crippen molar-refractivity contribution < 1.29 is 9.53 Å². The van der Waals surface area contributed by atoms with Gasteiger partial charge in [0.25, 0.3) is 0 Å². The summed E-state index contributed by atoms with van der Waals surface area (Å²) in [5.41, 5.74) is 1.26. The van der Waals surface area contributed by atoms with Gasteiger partial charge in [-0.3, -0.25) is 0 Å². The van der Waals surface area contributed by atoms with Gasteiger partial charge in [0.2, 0.25) is 0 Å². The van der Waals surface area contributed by atoms with Gasteiger partial charge >= 0.3 is 5.97 Å². The van der Waals surface area contributed by atoms with Crippen molar-refractivity contribution in [2.75, 3.05) is 7.11 Å². The lowest BCUT2D eigenvalue weighted by molar-refractivity contribution is 0.0592. The Balaban J connectivity index is 2.10. The first-order chi connectivity index (χ1) is 9.13. The first-order valence-electron chi connectivity index (χ1n) is 7.15. The fraction of sp³-hybridized carbons (Fsp3) is 0.786. The molecule has 19 heavy (non-hydrogen) atoms. The maximum atomic E-state index is 11.7. The Hall–Kier alpha value is -1.39. The topological polar surface area (TPSA) is 57.0 Å². The maximum absolute atomic E-state index is 11.7. The summed E-state index contributed by atoms with van der Waals surface area (Å²) in [7, 11) is 1.38. The average Bonchev–Trinajstić information content (AvgIpc) is 3.04. The molecule has 0 radical (unpaired) electrons. The highest BCUT2D eigenvalue weighted by atomic mass is 16.5. The molecular formula is C14H23N3O2. The lowest BCUT2D eigenvalue weighted by Gasteiger charge is -2.13. The molecule has 1 aromatic rings. The van der Waals surface area contributed by atoms with Crippen molar-refractivity contribution in [3.8, 4) is 0 Å². The van der Waals surface area contributed by atoms with Crippen LogP contribution in [0.5, 0.6) is 0 Å². The Morgan fingerprint density at radius 2 is 2.11 bits per heavy atom. The minimum atomic E-state index is -0.393. The number of esters is 1. The van der Waals surface area contributed by atoms with E-state index in [1.807, 2.05) is 4.68 Å². The summed E-state index contributed by atoms with van der Waals surface area (Å²) in [6.07, 6.45) is 6.49. The molecule has 0 N–H and O–H groups in total. The van der Waals surface area contributed by atoms with Crippen molar-refractivity contribution in [2.24, 2.45) is 5.92 Å². The number of carbonyl (C=O) groups excluding carboxylic acids is 1. The first kappa shape index (κ1) is 14.0. The monoisotopic (exact) mass is 265 g/mol. The minimum absolute atomic E-state index is 0.215. The molecule has 1 fully saturated rings. The first-order valence-corrected chi connectivity index (χ1v) is 7.15. The molecule has 1 heterocycles. The third-order valence-electron chi connectivity index (χ3n) is 3.92. The molecule has 1 aliphatic carbocycles. The van der Waals surface area contributed by atoms with Gasteiger partial charge < -0.3 is 4.74 Å². The van der Waals surface area contributed by atoms with Gasteiger partial charge in [0.1, 0.15) is 0 Å². The van der Waals surface area contributed by atoms with Crippen molar-refractivity contribution in [1.29, 1.82) is 0 Å². The summed E-state index contributed by atoms with van der Waals surface area (Å²) in [5.74, 6) is 0.634. The van der Waals surface area contributed by atoms with E-state index in [-0.39, 0.29) is 5.92 Å². The van der Waals surface area contributed by atoms with E-state index in [0.717, 1.165) is 24.6 Å². The third kappa shape index (κ3) is 3.14. The molecule has 2 rings (SSSR count). The Morgan fingerprint density at radius 3 is 2.68 bits per heavy atom. The van der Waals surface area contributed by atoms with Crippen LogP contribution in [0.3, 0.4) is 0 Å². The van der Waals surface area contributed by atoms with E-state index in [1.54, 1.807) is 0 Å². The van der Waals surface area contributed by atoms with Gasteiger partial charge in [0.15, 0.2) is 5.69 Å². The smallest absolute Gasteiger partial charge is 0.360 e. The summed E-state index contributed by atoms with van der Waals surface area (Å²) < 4.78 is 6.65. The number of hydrogen-bond acceptors (Lipinski definition) is 4. The standard InChI is InChI=1S/C14H23N3O2/c1-10(2)13-12(14(18)19-3)15-16-17(13)9-8-11-6-4-5-7-11/h10-11H,4-9H2,1-3H3. The number of hydrogen-bond donors (Lipinski definition) is 0. The predicted octanol–water partition coefficient (Wildman–Crippen LogP) is 2.77. The van der Waals surface area contributed by atoms with E-state index in [2.05, 4.69) is 24.2 Å². The quantitative estimate of drug-likeness (QED) is 0.768. The van der Waals surface area contributed by atoms with Crippen LogP contribution in [-0.2, 0) is 11.3 Å². The van der Waals surface area contributed by atoms with Gasteiger partial charge in [-0.05, 0) is 18.3 Å². The number of ether oxygens (including phenoxy) is 1. The zero-order valence-corrected chi connectivity index (χ0v) is 12.1. The number of nitrogens with zero attached hydrogens (tertiary/aromatic N) is 3. The van der Waals surface area contributed by atoms with Crippen molar-refractivity contribution in [1.82, 2.24) is 15.0 Å². The Bertz CT molecular complexity index is 434. The van der Waals surface area contributed by atoms with Crippen molar-refractivity contribution in [2.45, 2.75) is 58.4 Å². The summed E-state index contributed by atoms with van der Waals surface area (Å²) in [6.45, 7) is 4.95. The van der Waals surface area contributed by atoms with Crippen LogP contribution < -0.4 is 0 Å². The molecule has 0 saturated heterocycles. The Labute approximate surface area is 114 Å². The Kier molecular flexibility index (Phi) is 4.56. The van der Waals surface area contributed by atoms with Crippen molar-refractivity contribution in [3.05, 3.63) is 11.4 Å². The van der Waals surface area contributed by atoms with Crippen molar-refractivity contribution >= 4 is 5.97 Å². The second-order valence-electron chi connectivity index (χ2n) is 5.63. The molecule has 5 nitrogen and oxygen atoms in total. The normalized spacial score (nSPS) is 16.2. The summed E-state index contributed by atoms with van der Waals surface area (Å²) in [5, 5.41) is 8.13. The fourth-order valence-corrected chi connectivity index (χ4v) is 2.90. The molecular weight excluding hydrogens is 242 g/mol. The fourth-order valence-electron chi connectivity index (χ4n) is 2.90. The molecule has 1 saturated carbocycles. The molecule has 5 heteroatoms. The van der Waals surface area contributed by atoms with E-state index in [1.165, 1.54) is 32.8 Å². The highest BCUT2D eigenvalue weighted by Gasteiger charge is 2.23. The minimum Gasteiger partial charge on any atom is -0.464 e. The molecule has 106 valence electrons. The van der Waals surface area contributed by atoms with Crippen LogP contribution in [0.25, 0.3) is 0 Å².